The Morgan fingerprint density at radius 2 is 1.91 bits per heavy atom. The Kier molecular flexibility index (Phi) is 12.6. The van der Waals surface area contributed by atoms with Crippen LogP contribution in [0.5, 0.6) is 0 Å². The molecular weight excluding hydrogens is 301 g/mol. The Morgan fingerprint density at radius 3 is 2.30 bits per heavy atom. The summed E-state index contributed by atoms with van der Waals surface area (Å²) in [6, 6.07) is 0. The van der Waals surface area contributed by atoms with Crippen LogP contribution in [-0.2, 0) is 9.59 Å². The number of nitrogens with one attached hydrogen (secondary N) is 1. The Balaban J connectivity index is 0.000000574. The van der Waals surface area contributed by atoms with E-state index in [4.69, 9.17) is 15.2 Å². The smallest absolute Gasteiger partial charge is 0.451 e. The topological polar surface area (TPSA) is 136 Å². The van der Waals surface area contributed by atoms with E-state index < -0.39 is 19.0 Å². The van der Waals surface area contributed by atoms with Gasteiger partial charge in [-0.1, -0.05) is 6.42 Å². The van der Waals surface area contributed by atoms with Crippen molar-refractivity contribution in [2.45, 2.75) is 32.0 Å². The number of likely N-dealkylation sites (tertiary alicyclic amines) is 1. The molecule has 2 saturated heterocycles. The third kappa shape index (κ3) is 9.55. The van der Waals surface area contributed by atoms with Crippen molar-refractivity contribution in [3.63, 3.8) is 0 Å². The van der Waals surface area contributed by atoms with Crippen LogP contribution in [0.1, 0.15) is 25.7 Å². The molecule has 6 N–H and O–H groups in total. The maximum Gasteiger partial charge on any atom is 0.451 e. The fraction of sp³-hybridized carbons (Fsp3) is 0.857. The van der Waals surface area contributed by atoms with Crippen molar-refractivity contribution in [1.29, 1.82) is 0 Å². The van der Waals surface area contributed by atoms with Crippen molar-refractivity contribution in [2.75, 3.05) is 33.2 Å². The number of hydrogen-bond donors (Lipinski definition) is 5. The van der Waals surface area contributed by atoms with Gasteiger partial charge in [-0.15, -0.1) is 0 Å². The fourth-order valence-electron chi connectivity index (χ4n) is 2.75. The molecule has 23 heavy (non-hydrogen) atoms. The summed E-state index contributed by atoms with van der Waals surface area (Å²) in [6.45, 7) is 3.20. The zero-order valence-corrected chi connectivity index (χ0v) is 13.9. The molecule has 9 heteroatoms. The molecule has 2 unspecified atom stereocenters. The first-order valence-electron chi connectivity index (χ1n) is 8.11. The molecule has 0 aromatic rings. The largest absolute Gasteiger partial charge is 0.481 e. The van der Waals surface area contributed by atoms with E-state index in [1.54, 1.807) is 0 Å². The number of carboxylic acids is 1. The molecule has 8 nitrogen and oxygen atoms in total. The summed E-state index contributed by atoms with van der Waals surface area (Å²) in [4.78, 5) is 22.9. The predicted octanol–water partition coefficient (Wildman–Crippen LogP) is -1.03. The molecule has 134 valence electrons. The molecule has 2 aliphatic rings. The fourth-order valence-corrected chi connectivity index (χ4v) is 2.75. The quantitative estimate of drug-likeness (QED) is 0.310. The number of nitrogens with two attached hydrogens (primary N) is 1. The number of carbonyl (C=O) groups excluding carboxylic acids is 1. The molecule has 1 amide bonds. The lowest BCUT2D eigenvalue weighted by molar-refractivity contribution is -0.142. The van der Waals surface area contributed by atoms with E-state index in [-0.39, 0.29) is 18.8 Å². The molecular formula is C14H30BN3O5. The summed E-state index contributed by atoms with van der Waals surface area (Å²) >= 11 is 0. The monoisotopic (exact) mass is 331 g/mol. The Labute approximate surface area is 138 Å². The van der Waals surface area contributed by atoms with Crippen LogP contribution in [0.15, 0.2) is 0 Å². The highest BCUT2D eigenvalue weighted by molar-refractivity contribution is 6.40. The SMILES string of the molecule is C1CCNC1.CN.O=CN1CC(CCCB(O)O)C(C(=O)O)C1. The van der Waals surface area contributed by atoms with Crippen LogP contribution >= 0.6 is 0 Å². The van der Waals surface area contributed by atoms with E-state index in [1.165, 1.54) is 37.9 Å². The number of nitrogens with zero attached hydrogens (tertiary/aromatic N) is 1. The maximum atomic E-state index is 10.9. The van der Waals surface area contributed by atoms with Gasteiger partial charge in [-0.05, 0) is 51.6 Å². The van der Waals surface area contributed by atoms with Crippen LogP contribution in [0.4, 0.5) is 0 Å². The second kappa shape index (κ2) is 13.3. The highest BCUT2D eigenvalue weighted by Gasteiger charge is 2.36. The summed E-state index contributed by atoms with van der Waals surface area (Å²) in [5.74, 6) is -1.50. The third-order valence-corrected chi connectivity index (χ3v) is 3.93. The van der Waals surface area contributed by atoms with Crippen molar-refractivity contribution in [3.05, 3.63) is 0 Å². The van der Waals surface area contributed by atoms with Gasteiger partial charge in [-0.2, -0.15) is 0 Å². The minimum Gasteiger partial charge on any atom is -0.481 e. The molecule has 2 fully saturated rings. The number of carboxylic acid groups (broad SMARTS) is 1. The van der Waals surface area contributed by atoms with Crippen molar-refractivity contribution >= 4 is 19.5 Å². The van der Waals surface area contributed by atoms with Crippen LogP contribution in [-0.4, -0.2) is 72.8 Å². The van der Waals surface area contributed by atoms with Gasteiger partial charge in [0.05, 0.1) is 5.92 Å². The molecule has 2 heterocycles. The Hall–Kier alpha value is -1.16. The zero-order valence-electron chi connectivity index (χ0n) is 13.9. The standard InChI is InChI=1S/C9H16BNO5.C4H9N.CH5N/c12-6-11-4-7(2-1-3-10(15)16)8(5-11)9(13)14;1-2-4-5-3-1;1-2/h6-8,15-16H,1-5H2,(H,13,14);5H,1-4H2;2H2,1H3. The van der Waals surface area contributed by atoms with Gasteiger partial charge in [0.25, 0.3) is 0 Å². The van der Waals surface area contributed by atoms with Gasteiger partial charge in [-0.25, -0.2) is 0 Å². The van der Waals surface area contributed by atoms with Crippen molar-refractivity contribution in [3.8, 4) is 0 Å². The average Bonchev–Trinajstić information content (AvgIpc) is 3.21. The Morgan fingerprint density at radius 1 is 1.30 bits per heavy atom. The van der Waals surface area contributed by atoms with Gasteiger partial charge >= 0.3 is 13.1 Å². The first-order valence-corrected chi connectivity index (χ1v) is 8.11. The molecule has 2 aliphatic heterocycles. The lowest BCUT2D eigenvalue weighted by Gasteiger charge is -2.13. The van der Waals surface area contributed by atoms with Crippen molar-refractivity contribution < 1.29 is 24.7 Å². The van der Waals surface area contributed by atoms with E-state index in [1.807, 2.05) is 0 Å². The molecule has 0 saturated carbocycles. The van der Waals surface area contributed by atoms with Crippen LogP contribution in [0.2, 0.25) is 6.32 Å². The zero-order chi connectivity index (χ0) is 17.7. The molecule has 0 radical (unpaired) electrons. The minimum atomic E-state index is -1.34. The van der Waals surface area contributed by atoms with Crippen LogP contribution in [0.25, 0.3) is 0 Å². The van der Waals surface area contributed by atoms with E-state index in [0.717, 1.165) is 0 Å². The number of aliphatic carboxylic acids is 1. The number of carbonyl (C=O) groups is 2. The highest BCUT2D eigenvalue weighted by Crippen LogP contribution is 2.27. The van der Waals surface area contributed by atoms with E-state index in [2.05, 4.69) is 11.1 Å². The second-order valence-electron chi connectivity index (χ2n) is 5.63. The number of rotatable bonds is 6. The maximum absolute atomic E-state index is 10.9. The predicted molar refractivity (Wildman–Crippen MR) is 88.7 cm³/mol. The molecule has 0 aromatic heterocycles. The summed E-state index contributed by atoms with van der Waals surface area (Å²) in [5, 5.41) is 29.5. The van der Waals surface area contributed by atoms with Crippen molar-refractivity contribution in [2.24, 2.45) is 17.6 Å². The molecule has 0 aliphatic carbocycles. The van der Waals surface area contributed by atoms with Gasteiger partial charge in [0.2, 0.25) is 6.41 Å². The molecule has 0 spiro atoms. The van der Waals surface area contributed by atoms with Gasteiger partial charge in [0, 0.05) is 13.1 Å². The van der Waals surface area contributed by atoms with E-state index in [0.29, 0.717) is 25.8 Å². The second-order valence-corrected chi connectivity index (χ2v) is 5.63. The molecule has 2 rings (SSSR count). The van der Waals surface area contributed by atoms with Crippen LogP contribution in [0.3, 0.4) is 0 Å². The summed E-state index contributed by atoms with van der Waals surface area (Å²) in [7, 11) is 0.159. The van der Waals surface area contributed by atoms with Crippen LogP contribution < -0.4 is 11.1 Å². The normalized spacial score (nSPS) is 22.5. The Bertz CT molecular complexity index is 322. The van der Waals surface area contributed by atoms with E-state index >= 15 is 0 Å². The molecule has 0 aromatic carbocycles. The number of hydrogen-bond acceptors (Lipinski definition) is 6. The van der Waals surface area contributed by atoms with Gasteiger partial charge < -0.3 is 31.1 Å². The lowest BCUT2D eigenvalue weighted by Crippen LogP contribution is -2.23. The van der Waals surface area contributed by atoms with E-state index in [9.17, 15) is 9.59 Å². The highest BCUT2D eigenvalue weighted by atomic mass is 16.4. The summed E-state index contributed by atoms with van der Waals surface area (Å²) < 4.78 is 0. The van der Waals surface area contributed by atoms with Gasteiger partial charge in [-0.3, -0.25) is 9.59 Å². The molecule has 0 bridgehead atoms. The molecule has 2 atom stereocenters. The van der Waals surface area contributed by atoms with Crippen molar-refractivity contribution in [1.82, 2.24) is 10.2 Å². The van der Waals surface area contributed by atoms with Crippen LogP contribution in [0, 0.1) is 11.8 Å². The van der Waals surface area contributed by atoms with Gasteiger partial charge in [0.15, 0.2) is 0 Å². The first kappa shape index (κ1) is 21.8. The minimum absolute atomic E-state index is 0.0820. The van der Waals surface area contributed by atoms with Gasteiger partial charge in [0.1, 0.15) is 0 Å². The summed E-state index contributed by atoms with van der Waals surface area (Å²) in [5.41, 5.74) is 4.50. The summed E-state index contributed by atoms with van der Waals surface area (Å²) in [6.07, 6.45) is 4.83. The average molecular weight is 331 g/mol. The lowest BCUT2D eigenvalue weighted by atomic mass is 9.80. The number of amides is 1. The third-order valence-electron chi connectivity index (χ3n) is 3.93. The first-order chi connectivity index (χ1) is 11.0.